The number of methoxy groups -OCH3 is 2. The SMILES string of the molecule is COc1cc(/C=N/NC(=O)COc2ccc(OCc3ccccc3)cc2)cc(OC)c1OC(C)=O. The van der Waals surface area contributed by atoms with Gasteiger partial charge >= 0.3 is 5.97 Å². The molecule has 0 radical (unpaired) electrons. The summed E-state index contributed by atoms with van der Waals surface area (Å²) >= 11 is 0. The maximum absolute atomic E-state index is 12.1. The smallest absolute Gasteiger partial charge is 0.308 e. The van der Waals surface area contributed by atoms with Gasteiger partial charge < -0.3 is 23.7 Å². The van der Waals surface area contributed by atoms with E-state index < -0.39 is 11.9 Å². The van der Waals surface area contributed by atoms with Crippen LogP contribution in [0.5, 0.6) is 28.7 Å². The van der Waals surface area contributed by atoms with E-state index in [1.54, 1.807) is 36.4 Å². The van der Waals surface area contributed by atoms with E-state index in [1.165, 1.54) is 27.4 Å². The summed E-state index contributed by atoms with van der Waals surface area (Å²) in [7, 11) is 2.87. The van der Waals surface area contributed by atoms with Gasteiger partial charge in [0.15, 0.2) is 18.1 Å². The number of rotatable bonds is 11. The van der Waals surface area contributed by atoms with Crippen molar-refractivity contribution in [3.8, 4) is 28.7 Å². The number of hydrogen-bond donors (Lipinski definition) is 1. The second kappa shape index (κ2) is 12.6. The van der Waals surface area contributed by atoms with Crippen molar-refractivity contribution in [2.75, 3.05) is 20.8 Å². The van der Waals surface area contributed by atoms with Gasteiger partial charge in [0, 0.05) is 12.5 Å². The molecule has 0 heterocycles. The molecule has 3 aromatic carbocycles. The van der Waals surface area contributed by atoms with Crippen molar-refractivity contribution in [3.63, 3.8) is 0 Å². The fraction of sp³-hybridized carbons (Fsp3) is 0.192. The molecule has 0 aliphatic carbocycles. The van der Waals surface area contributed by atoms with Crippen LogP contribution in [0, 0.1) is 0 Å². The van der Waals surface area contributed by atoms with Crippen LogP contribution in [0.4, 0.5) is 0 Å². The quantitative estimate of drug-likeness (QED) is 0.194. The fourth-order valence-electron chi connectivity index (χ4n) is 2.95. The minimum atomic E-state index is -0.510. The van der Waals surface area contributed by atoms with Crippen LogP contribution in [0.3, 0.4) is 0 Å². The fourth-order valence-corrected chi connectivity index (χ4v) is 2.95. The Morgan fingerprint density at radius 1 is 0.886 bits per heavy atom. The van der Waals surface area contributed by atoms with E-state index in [9.17, 15) is 9.59 Å². The molecule has 0 aliphatic rings. The van der Waals surface area contributed by atoms with E-state index in [0.717, 1.165) is 5.56 Å². The Kier molecular flexibility index (Phi) is 9.07. The Morgan fingerprint density at radius 3 is 2.06 bits per heavy atom. The summed E-state index contributed by atoms with van der Waals surface area (Å²) in [5.41, 5.74) is 4.02. The van der Waals surface area contributed by atoms with Crippen molar-refractivity contribution in [1.82, 2.24) is 5.43 Å². The zero-order chi connectivity index (χ0) is 25.0. The molecule has 1 amide bonds. The standard InChI is InChI=1S/C26H26N2O7/c1-18(29)35-26-23(31-2)13-20(14-24(26)32-3)15-27-28-25(30)17-34-22-11-9-21(10-12-22)33-16-19-7-5-4-6-8-19/h4-15H,16-17H2,1-3H3,(H,28,30)/b27-15+. The molecule has 0 saturated heterocycles. The molecule has 0 saturated carbocycles. The van der Waals surface area contributed by atoms with Crippen LogP contribution in [0.25, 0.3) is 0 Å². The van der Waals surface area contributed by atoms with E-state index in [-0.39, 0.29) is 23.9 Å². The molecule has 0 spiro atoms. The molecule has 0 aliphatic heterocycles. The second-order valence-corrected chi connectivity index (χ2v) is 7.18. The Hall–Kier alpha value is -4.53. The first-order chi connectivity index (χ1) is 17.0. The number of carbonyl (C=O) groups excluding carboxylic acids is 2. The first kappa shape index (κ1) is 25.1. The van der Waals surface area contributed by atoms with Gasteiger partial charge in [0.2, 0.25) is 5.75 Å². The molecule has 0 fully saturated rings. The maximum Gasteiger partial charge on any atom is 0.308 e. The maximum atomic E-state index is 12.1. The average molecular weight is 479 g/mol. The third-order valence-corrected chi connectivity index (χ3v) is 4.57. The van der Waals surface area contributed by atoms with Gasteiger partial charge in [0.25, 0.3) is 5.91 Å². The number of hydrazone groups is 1. The zero-order valence-corrected chi connectivity index (χ0v) is 19.6. The summed E-state index contributed by atoms with van der Waals surface area (Å²) < 4.78 is 26.9. The summed E-state index contributed by atoms with van der Waals surface area (Å²) in [4.78, 5) is 23.4. The van der Waals surface area contributed by atoms with Crippen molar-refractivity contribution in [3.05, 3.63) is 77.9 Å². The lowest BCUT2D eigenvalue weighted by atomic mass is 10.2. The van der Waals surface area contributed by atoms with Crippen LogP contribution in [0.15, 0.2) is 71.8 Å². The van der Waals surface area contributed by atoms with Gasteiger partial charge in [0.1, 0.15) is 18.1 Å². The van der Waals surface area contributed by atoms with Crippen LogP contribution in [0.2, 0.25) is 0 Å². The van der Waals surface area contributed by atoms with Gasteiger partial charge in [-0.05, 0) is 42.0 Å². The summed E-state index contributed by atoms with van der Waals surface area (Å²) in [6, 6.07) is 20.0. The number of amides is 1. The first-order valence-electron chi connectivity index (χ1n) is 10.6. The lowest BCUT2D eigenvalue weighted by molar-refractivity contribution is -0.132. The molecule has 9 nitrogen and oxygen atoms in total. The van der Waals surface area contributed by atoms with Crippen LogP contribution in [-0.2, 0) is 16.2 Å². The Bertz CT molecular complexity index is 1140. The first-order valence-corrected chi connectivity index (χ1v) is 10.6. The number of benzene rings is 3. The van der Waals surface area contributed by atoms with E-state index in [4.69, 9.17) is 23.7 Å². The summed E-state index contributed by atoms with van der Waals surface area (Å²) in [5.74, 6) is 0.991. The summed E-state index contributed by atoms with van der Waals surface area (Å²) in [6.45, 7) is 1.52. The van der Waals surface area contributed by atoms with Crippen LogP contribution in [0.1, 0.15) is 18.1 Å². The lowest BCUT2D eigenvalue weighted by Gasteiger charge is -2.13. The average Bonchev–Trinajstić information content (AvgIpc) is 2.87. The highest BCUT2D eigenvalue weighted by molar-refractivity contribution is 5.85. The normalized spacial score (nSPS) is 10.5. The highest BCUT2D eigenvalue weighted by Crippen LogP contribution is 2.38. The molecule has 0 atom stereocenters. The van der Waals surface area contributed by atoms with Crippen LogP contribution >= 0.6 is 0 Å². The molecular formula is C26H26N2O7. The molecule has 35 heavy (non-hydrogen) atoms. The monoisotopic (exact) mass is 478 g/mol. The third-order valence-electron chi connectivity index (χ3n) is 4.57. The minimum absolute atomic E-state index is 0.161. The second-order valence-electron chi connectivity index (χ2n) is 7.18. The van der Waals surface area contributed by atoms with Crippen molar-refractivity contribution >= 4 is 18.1 Å². The van der Waals surface area contributed by atoms with Gasteiger partial charge in [0.05, 0.1) is 20.4 Å². The summed E-state index contributed by atoms with van der Waals surface area (Å²) in [5, 5.41) is 3.92. The number of nitrogens with one attached hydrogen (secondary N) is 1. The van der Waals surface area contributed by atoms with E-state index in [0.29, 0.717) is 23.7 Å². The van der Waals surface area contributed by atoms with E-state index >= 15 is 0 Å². The van der Waals surface area contributed by atoms with E-state index in [1.807, 2.05) is 30.3 Å². The molecule has 3 aromatic rings. The highest BCUT2D eigenvalue weighted by Gasteiger charge is 2.15. The van der Waals surface area contributed by atoms with Crippen LogP contribution < -0.4 is 29.1 Å². The van der Waals surface area contributed by atoms with Crippen molar-refractivity contribution in [2.45, 2.75) is 13.5 Å². The van der Waals surface area contributed by atoms with Gasteiger partial charge in [-0.15, -0.1) is 0 Å². The van der Waals surface area contributed by atoms with Crippen molar-refractivity contribution in [2.24, 2.45) is 5.10 Å². The number of hydrogen-bond acceptors (Lipinski definition) is 8. The highest BCUT2D eigenvalue weighted by atomic mass is 16.6. The molecule has 1 N–H and O–H groups in total. The molecular weight excluding hydrogens is 452 g/mol. The Morgan fingerprint density at radius 2 is 1.49 bits per heavy atom. The number of carbonyl (C=O) groups is 2. The van der Waals surface area contributed by atoms with Crippen LogP contribution in [-0.4, -0.2) is 38.9 Å². The predicted molar refractivity (Wildman–Crippen MR) is 129 cm³/mol. The zero-order valence-electron chi connectivity index (χ0n) is 19.6. The molecule has 0 unspecified atom stereocenters. The van der Waals surface area contributed by atoms with Gasteiger partial charge in [-0.1, -0.05) is 30.3 Å². The Balaban J connectivity index is 1.49. The minimum Gasteiger partial charge on any atom is -0.493 e. The summed E-state index contributed by atoms with van der Waals surface area (Å²) in [6.07, 6.45) is 1.40. The van der Waals surface area contributed by atoms with Crippen molar-refractivity contribution < 1.29 is 33.3 Å². The third kappa shape index (κ3) is 7.78. The largest absolute Gasteiger partial charge is 0.493 e. The molecule has 0 aromatic heterocycles. The van der Waals surface area contributed by atoms with E-state index in [2.05, 4.69) is 10.5 Å². The topological polar surface area (TPSA) is 105 Å². The predicted octanol–water partition coefficient (Wildman–Crippen LogP) is 3.74. The van der Waals surface area contributed by atoms with Gasteiger partial charge in [-0.2, -0.15) is 5.10 Å². The van der Waals surface area contributed by atoms with Gasteiger partial charge in [-0.3, -0.25) is 9.59 Å². The number of ether oxygens (including phenoxy) is 5. The number of nitrogens with zero attached hydrogens (tertiary/aromatic N) is 1. The number of esters is 1. The molecule has 9 heteroatoms. The lowest BCUT2D eigenvalue weighted by Crippen LogP contribution is -2.24. The van der Waals surface area contributed by atoms with Crippen molar-refractivity contribution in [1.29, 1.82) is 0 Å². The molecule has 182 valence electrons. The molecule has 3 rings (SSSR count). The Labute approximate surface area is 203 Å². The van der Waals surface area contributed by atoms with Gasteiger partial charge in [-0.25, -0.2) is 5.43 Å². The molecule has 0 bridgehead atoms.